The molecule has 0 saturated carbocycles. The van der Waals surface area contributed by atoms with Crippen molar-refractivity contribution in [1.29, 1.82) is 0 Å². The molecule has 0 aromatic heterocycles. The van der Waals surface area contributed by atoms with Gasteiger partial charge in [-0.2, -0.15) is 0 Å². The number of aldehydes is 1. The predicted octanol–water partition coefficient (Wildman–Crippen LogP) is 3.66. The van der Waals surface area contributed by atoms with Crippen LogP contribution in [0.3, 0.4) is 0 Å². The summed E-state index contributed by atoms with van der Waals surface area (Å²) in [6.45, 7) is 6.44. The fourth-order valence-corrected chi connectivity index (χ4v) is 1.93. The summed E-state index contributed by atoms with van der Waals surface area (Å²) in [7, 11) is 0. The van der Waals surface area contributed by atoms with Crippen LogP contribution in [0.5, 0.6) is 5.75 Å². The Morgan fingerprint density at radius 3 is 2.41 bits per heavy atom. The lowest BCUT2D eigenvalue weighted by atomic mass is 9.85. The van der Waals surface area contributed by atoms with Crippen LogP contribution in [0.15, 0.2) is 30.3 Å². The van der Waals surface area contributed by atoms with E-state index in [2.05, 4.69) is 26.8 Å². The van der Waals surface area contributed by atoms with Crippen LogP contribution in [0.2, 0.25) is 0 Å². The maximum Gasteiger partial charge on any atom is 0.154 e. The van der Waals surface area contributed by atoms with Crippen molar-refractivity contribution in [1.82, 2.24) is 0 Å². The average molecular weight is 228 g/mol. The fraction of sp³-hybridized carbons (Fsp3) is 0.267. The van der Waals surface area contributed by atoms with E-state index in [4.69, 9.17) is 0 Å². The predicted molar refractivity (Wildman–Crippen MR) is 69.7 cm³/mol. The summed E-state index contributed by atoms with van der Waals surface area (Å²) in [4.78, 5) is 11.0. The van der Waals surface area contributed by atoms with Crippen LogP contribution in [-0.2, 0) is 5.41 Å². The third-order valence-electron chi connectivity index (χ3n) is 3.02. The van der Waals surface area contributed by atoms with E-state index in [1.54, 1.807) is 6.07 Å². The minimum Gasteiger partial charge on any atom is -0.507 e. The minimum atomic E-state index is 0.0380. The summed E-state index contributed by atoms with van der Waals surface area (Å²) in [6, 6.07) is 9.39. The molecule has 2 heteroatoms. The maximum atomic E-state index is 11.0. The quantitative estimate of drug-likeness (QED) is 0.756. The average Bonchev–Trinajstić information content (AvgIpc) is 2.27. The number of rotatable bonds is 1. The Balaban J connectivity index is 2.73. The van der Waals surface area contributed by atoms with Gasteiger partial charge >= 0.3 is 0 Å². The summed E-state index contributed by atoms with van der Waals surface area (Å²) in [6.07, 6.45) is 0.703. The summed E-state index contributed by atoms with van der Waals surface area (Å²) in [5.41, 5.74) is 1.66. The number of phenols is 1. The van der Waals surface area contributed by atoms with E-state index in [-0.39, 0.29) is 11.2 Å². The maximum absolute atomic E-state index is 11.0. The second kappa shape index (κ2) is 3.88. The normalized spacial score (nSPS) is 11.7. The zero-order valence-electron chi connectivity index (χ0n) is 10.3. The molecule has 2 rings (SSSR count). The fourth-order valence-electron chi connectivity index (χ4n) is 1.93. The molecular weight excluding hydrogens is 212 g/mol. The lowest BCUT2D eigenvalue weighted by molar-refractivity contribution is 0.112. The molecule has 0 fully saturated rings. The Bertz CT molecular complexity index is 577. The molecule has 88 valence electrons. The molecule has 0 aliphatic carbocycles. The third-order valence-corrected chi connectivity index (χ3v) is 3.02. The van der Waals surface area contributed by atoms with Crippen molar-refractivity contribution in [3.05, 3.63) is 41.5 Å². The van der Waals surface area contributed by atoms with Crippen LogP contribution in [0.1, 0.15) is 36.7 Å². The number of fused-ring (bicyclic) bond motifs is 1. The highest BCUT2D eigenvalue weighted by atomic mass is 16.3. The second-order valence-corrected chi connectivity index (χ2v) is 5.30. The molecule has 2 aromatic carbocycles. The first-order chi connectivity index (χ1) is 7.93. The smallest absolute Gasteiger partial charge is 0.154 e. The van der Waals surface area contributed by atoms with Gasteiger partial charge in [-0.25, -0.2) is 0 Å². The van der Waals surface area contributed by atoms with E-state index in [1.807, 2.05) is 18.2 Å². The SMILES string of the molecule is CC(C)(C)c1ccc2c(C=O)c(O)ccc2c1. The minimum absolute atomic E-state index is 0.0380. The highest BCUT2D eigenvalue weighted by Gasteiger charge is 2.15. The van der Waals surface area contributed by atoms with Crippen molar-refractivity contribution in [3.63, 3.8) is 0 Å². The highest BCUT2D eigenvalue weighted by molar-refractivity contribution is 6.00. The van der Waals surface area contributed by atoms with Crippen molar-refractivity contribution in [2.45, 2.75) is 26.2 Å². The third kappa shape index (κ3) is 2.03. The number of hydrogen-bond acceptors (Lipinski definition) is 2. The van der Waals surface area contributed by atoms with Gasteiger partial charge in [0.1, 0.15) is 5.75 Å². The molecule has 0 bridgehead atoms. The number of carbonyl (C=O) groups excluding carboxylic acids is 1. The van der Waals surface area contributed by atoms with Gasteiger partial charge in [-0.05, 0) is 27.8 Å². The highest BCUT2D eigenvalue weighted by Crippen LogP contribution is 2.30. The molecule has 0 atom stereocenters. The number of aromatic hydroxyl groups is 1. The molecule has 0 heterocycles. The van der Waals surface area contributed by atoms with Crippen LogP contribution in [0, 0.1) is 0 Å². The van der Waals surface area contributed by atoms with Gasteiger partial charge in [0.25, 0.3) is 0 Å². The molecule has 0 radical (unpaired) electrons. The molecule has 2 nitrogen and oxygen atoms in total. The monoisotopic (exact) mass is 228 g/mol. The van der Waals surface area contributed by atoms with Gasteiger partial charge in [-0.1, -0.05) is 45.0 Å². The zero-order chi connectivity index (χ0) is 12.6. The summed E-state index contributed by atoms with van der Waals surface area (Å²) in [5, 5.41) is 11.4. The van der Waals surface area contributed by atoms with Gasteiger partial charge < -0.3 is 5.11 Å². The van der Waals surface area contributed by atoms with E-state index < -0.39 is 0 Å². The van der Waals surface area contributed by atoms with Crippen molar-refractivity contribution in [2.75, 3.05) is 0 Å². The molecule has 17 heavy (non-hydrogen) atoms. The Morgan fingerprint density at radius 2 is 1.82 bits per heavy atom. The topological polar surface area (TPSA) is 37.3 Å². The first-order valence-electron chi connectivity index (χ1n) is 5.65. The largest absolute Gasteiger partial charge is 0.507 e. The first-order valence-corrected chi connectivity index (χ1v) is 5.65. The molecule has 0 unspecified atom stereocenters. The second-order valence-electron chi connectivity index (χ2n) is 5.30. The van der Waals surface area contributed by atoms with Gasteiger partial charge in [0.15, 0.2) is 6.29 Å². The van der Waals surface area contributed by atoms with Crippen LogP contribution in [0.25, 0.3) is 10.8 Å². The summed E-state index contributed by atoms with van der Waals surface area (Å²) in [5.74, 6) is 0.0380. The number of phenolic OH excluding ortho intramolecular Hbond substituents is 1. The van der Waals surface area contributed by atoms with Gasteiger partial charge in [-0.3, -0.25) is 4.79 Å². The van der Waals surface area contributed by atoms with Gasteiger partial charge in [0.05, 0.1) is 5.56 Å². The molecule has 1 N–H and O–H groups in total. The number of benzene rings is 2. The lowest BCUT2D eigenvalue weighted by Crippen LogP contribution is -2.10. The molecule has 0 aliphatic rings. The summed E-state index contributed by atoms with van der Waals surface area (Å²) >= 11 is 0. The van der Waals surface area contributed by atoms with E-state index in [1.165, 1.54) is 5.56 Å². The van der Waals surface area contributed by atoms with Crippen molar-refractivity contribution in [2.24, 2.45) is 0 Å². The number of carbonyl (C=O) groups is 1. The summed E-state index contributed by atoms with van der Waals surface area (Å²) < 4.78 is 0. The molecule has 2 aromatic rings. The Labute approximate surface area is 101 Å². The van der Waals surface area contributed by atoms with Crippen LogP contribution in [0.4, 0.5) is 0 Å². The van der Waals surface area contributed by atoms with Crippen molar-refractivity contribution < 1.29 is 9.90 Å². The van der Waals surface area contributed by atoms with Crippen molar-refractivity contribution >= 4 is 17.1 Å². The van der Waals surface area contributed by atoms with Crippen LogP contribution < -0.4 is 0 Å². The lowest BCUT2D eigenvalue weighted by Gasteiger charge is -2.19. The Kier molecular flexibility index (Phi) is 2.66. The van der Waals surface area contributed by atoms with E-state index in [9.17, 15) is 9.90 Å². The van der Waals surface area contributed by atoms with E-state index >= 15 is 0 Å². The van der Waals surface area contributed by atoms with Crippen LogP contribution in [-0.4, -0.2) is 11.4 Å². The molecule has 0 saturated heterocycles. The Morgan fingerprint density at radius 1 is 1.12 bits per heavy atom. The molecule has 0 aliphatic heterocycles. The Hall–Kier alpha value is -1.83. The molecular formula is C15H16O2. The van der Waals surface area contributed by atoms with E-state index in [0.717, 1.165) is 10.8 Å². The zero-order valence-corrected chi connectivity index (χ0v) is 10.3. The number of hydrogen-bond donors (Lipinski definition) is 1. The molecule has 0 amide bonds. The van der Waals surface area contributed by atoms with Crippen LogP contribution >= 0.6 is 0 Å². The van der Waals surface area contributed by atoms with Gasteiger partial charge in [0, 0.05) is 0 Å². The standard InChI is InChI=1S/C15H16O2/c1-15(2,3)11-5-6-12-10(8-11)4-7-14(17)13(12)9-16/h4-9,17H,1-3H3. The molecule has 0 spiro atoms. The van der Waals surface area contributed by atoms with E-state index in [0.29, 0.717) is 11.8 Å². The van der Waals surface area contributed by atoms with Gasteiger partial charge in [0.2, 0.25) is 0 Å². The first kappa shape index (κ1) is 11.6. The van der Waals surface area contributed by atoms with Crippen molar-refractivity contribution in [3.8, 4) is 5.75 Å². The van der Waals surface area contributed by atoms with Gasteiger partial charge in [-0.15, -0.1) is 0 Å².